The zero-order valence-corrected chi connectivity index (χ0v) is 35.4. The Balaban J connectivity index is 1.12. The number of thiophene rings is 1. The highest BCUT2D eigenvalue weighted by atomic mass is 32.1. The molecule has 11 aromatic rings. The summed E-state index contributed by atoms with van der Waals surface area (Å²) in [7, 11) is 0. The Morgan fingerprint density at radius 2 is 1.02 bits per heavy atom. The Bertz CT molecular complexity index is 3700. The summed E-state index contributed by atoms with van der Waals surface area (Å²) in [4.78, 5) is 2.48. The standard InChI is InChI=1S/C59H39NOS/c1-34-24-26-35(27-25-34)60(36-28-30-41-38-14-4-9-19-45(38)58(2,3)48(41)32-36)37-29-31-42-49(33-37)59(46-20-10-5-15-39(46)40-16-6-11-21-47(40)59)55-54(42)56-52(43-17-7-12-22-50(43)61-56)53-44-18-8-13-23-51(44)62-57(53)55/h4-33H,1-3H3. The second-order valence-corrected chi connectivity index (χ2v) is 19.0. The smallest absolute Gasteiger partial charge is 0.144 e. The molecule has 0 saturated heterocycles. The fourth-order valence-corrected chi connectivity index (χ4v) is 13.2. The van der Waals surface area contributed by atoms with Crippen molar-refractivity contribution in [1.29, 1.82) is 0 Å². The quantitative estimate of drug-likeness (QED) is 0.177. The van der Waals surface area contributed by atoms with Gasteiger partial charge in [-0.25, -0.2) is 0 Å². The van der Waals surface area contributed by atoms with Gasteiger partial charge in [0.15, 0.2) is 0 Å². The zero-order chi connectivity index (χ0) is 41.1. The number of hydrogen-bond acceptors (Lipinski definition) is 3. The maximum absolute atomic E-state index is 7.17. The van der Waals surface area contributed by atoms with Gasteiger partial charge in [-0.15, -0.1) is 11.3 Å². The zero-order valence-electron chi connectivity index (χ0n) is 34.6. The van der Waals surface area contributed by atoms with E-state index in [4.69, 9.17) is 4.42 Å². The van der Waals surface area contributed by atoms with Crippen molar-refractivity contribution in [2.75, 3.05) is 4.90 Å². The molecule has 0 fully saturated rings. The predicted octanol–water partition coefficient (Wildman–Crippen LogP) is 16.4. The van der Waals surface area contributed by atoms with Crippen LogP contribution in [0.1, 0.15) is 52.8 Å². The van der Waals surface area contributed by atoms with Crippen LogP contribution in [0.15, 0.2) is 186 Å². The third kappa shape index (κ3) is 4.19. The van der Waals surface area contributed by atoms with Crippen molar-refractivity contribution in [1.82, 2.24) is 0 Å². The Morgan fingerprint density at radius 1 is 0.468 bits per heavy atom. The van der Waals surface area contributed by atoms with Crippen LogP contribution in [0.25, 0.3) is 75.5 Å². The van der Waals surface area contributed by atoms with Gasteiger partial charge in [0.25, 0.3) is 0 Å². The van der Waals surface area contributed by atoms with E-state index in [9.17, 15) is 0 Å². The number of aryl methyl sites for hydroxylation is 1. The van der Waals surface area contributed by atoms with Crippen molar-refractivity contribution in [3.63, 3.8) is 0 Å². The van der Waals surface area contributed by atoms with E-state index >= 15 is 0 Å². The molecule has 0 aliphatic heterocycles. The molecule has 0 radical (unpaired) electrons. The molecular weight excluding hydrogens is 771 g/mol. The summed E-state index contributed by atoms with van der Waals surface area (Å²) < 4.78 is 9.79. The molecule has 3 aliphatic rings. The van der Waals surface area contributed by atoms with Gasteiger partial charge in [-0.3, -0.25) is 0 Å². The molecule has 9 aromatic carbocycles. The van der Waals surface area contributed by atoms with Crippen LogP contribution in [-0.4, -0.2) is 0 Å². The summed E-state index contributed by atoms with van der Waals surface area (Å²) in [6, 6.07) is 68.2. The van der Waals surface area contributed by atoms with E-state index in [0.29, 0.717) is 0 Å². The lowest BCUT2D eigenvalue weighted by Gasteiger charge is -2.33. The minimum atomic E-state index is -0.597. The first-order valence-electron chi connectivity index (χ1n) is 21.7. The van der Waals surface area contributed by atoms with Crippen LogP contribution in [-0.2, 0) is 10.8 Å². The fourth-order valence-electron chi connectivity index (χ4n) is 11.9. The number of benzene rings is 9. The molecule has 0 unspecified atom stereocenters. The van der Waals surface area contributed by atoms with Crippen molar-refractivity contribution in [3.05, 3.63) is 221 Å². The number of hydrogen-bond donors (Lipinski definition) is 0. The van der Waals surface area contributed by atoms with Crippen LogP contribution in [0.5, 0.6) is 0 Å². The van der Waals surface area contributed by atoms with E-state index in [2.05, 4.69) is 208 Å². The number of fused-ring (bicyclic) bond motifs is 22. The Hall–Kier alpha value is -7.20. The molecule has 0 saturated carbocycles. The van der Waals surface area contributed by atoms with Gasteiger partial charge in [-0.2, -0.15) is 0 Å². The van der Waals surface area contributed by atoms with Crippen molar-refractivity contribution < 1.29 is 4.42 Å². The molecule has 292 valence electrons. The first kappa shape index (κ1) is 34.5. The van der Waals surface area contributed by atoms with Crippen molar-refractivity contribution in [3.8, 4) is 33.4 Å². The fraction of sp³-hybridized carbons (Fsp3) is 0.0847. The summed E-state index contributed by atoms with van der Waals surface area (Å²) >= 11 is 1.93. The maximum atomic E-state index is 7.17. The molecule has 3 heteroatoms. The van der Waals surface area contributed by atoms with Gasteiger partial charge in [0.05, 0.1) is 5.41 Å². The summed E-state index contributed by atoms with van der Waals surface area (Å²) in [6.07, 6.45) is 0. The minimum absolute atomic E-state index is 0.130. The molecule has 2 nitrogen and oxygen atoms in total. The van der Waals surface area contributed by atoms with Gasteiger partial charge in [-0.05, 0) is 111 Å². The number of anilines is 3. The summed E-state index contributed by atoms with van der Waals surface area (Å²) in [6.45, 7) is 6.91. The van der Waals surface area contributed by atoms with E-state index in [1.807, 2.05) is 11.3 Å². The van der Waals surface area contributed by atoms with E-state index in [1.54, 1.807) is 0 Å². The molecule has 0 atom stereocenters. The van der Waals surface area contributed by atoms with Gasteiger partial charge < -0.3 is 9.32 Å². The van der Waals surface area contributed by atoms with E-state index in [0.717, 1.165) is 33.6 Å². The maximum Gasteiger partial charge on any atom is 0.144 e. The average Bonchev–Trinajstić information content (AvgIpc) is 4.08. The van der Waals surface area contributed by atoms with E-state index in [-0.39, 0.29) is 5.41 Å². The Labute approximate surface area is 364 Å². The minimum Gasteiger partial charge on any atom is -0.455 e. The van der Waals surface area contributed by atoms with Crippen molar-refractivity contribution in [2.24, 2.45) is 0 Å². The lowest BCUT2D eigenvalue weighted by Crippen LogP contribution is -2.26. The summed E-state index contributed by atoms with van der Waals surface area (Å²) in [5, 5.41) is 4.95. The van der Waals surface area contributed by atoms with Gasteiger partial charge in [0.1, 0.15) is 11.2 Å². The van der Waals surface area contributed by atoms with E-state index < -0.39 is 5.41 Å². The highest BCUT2D eigenvalue weighted by molar-refractivity contribution is 7.26. The highest BCUT2D eigenvalue weighted by Gasteiger charge is 2.54. The van der Waals surface area contributed by atoms with Crippen LogP contribution in [0.3, 0.4) is 0 Å². The molecule has 1 spiro atoms. The summed E-state index contributed by atoms with van der Waals surface area (Å²) in [5.41, 5.74) is 21.5. The molecule has 0 bridgehead atoms. The van der Waals surface area contributed by atoms with Crippen LogP contribution in [0.2, 0.25) is 0 Å². The van der Waals surface area contributed by atoms with Gasteiger partial charge in [-0.1, -0.05) is 153 Å². The third-order valence-corrected chi connectivity index (χ3v) is 15.7. The monoisotopic (exact) mass is 809 g/mol. The highest BCUT2D eigenvalue weighted by Crippen LogP contribution is 2.67. The summed E-state index contributed by atoms with van der Waals surface area (Å²) in [5.74, 6) is 0. The van der Waals surface area contributed by atoms with Gasteiger partial charge in [0, 0.05) is 64.5 Å². The molecule has 62 heavy (non-hydrogen) atoms. The topological polar surface area (TPSA) is 16.4 Å². The Morgan fingerprint density at radius 3 is 1.74 bits per heavy atom. The predicted molar refractivity (Wildman–Crippen MR) is 260 cm³/mol. The van der Waals surface area contributed by atoms with E-state index in [1.165, 1.54) is 97.9 Å². The molecule has 14 rings (SSSR count). The molecular formula is C59H39NOS. The number of furan rings is 1. The van der Waals surface area contributed by atoms with Gasteiger partial charge in [0.2, 0.25) is 0 Å². The second-order valence-electron chi connectivity index (χ2n) is 18.0. The van der Waals surface area contributed by atoms with Gasteiger partial charge >= 0.3 is 0 Å². The number of para-hydroxylation sites is 1. The average molecular weight is 810 g/mol. The lowest BCUT2D eigenvalue weighted by molar-refractivity contribution is 0.660. The molecule has 0 amide bonds. The van der Waals surface area contributed by atoms with Crippen molar-refractivity contribution >= 4 is 70.5 Å². The third-order valence-electron chi connectivity index (χ3n) is 14.5. The van der Waals surface area contributed by atoms with Crippen molar-refractivity contribution in [2.45, 2.75) is 31.6 Å². The number of rotatable bonds is 3. The Kier molecular flexibility index (Phi) is 6.68. The van der Waals surface area contributed by atoms with Crippen LogP contribution in [0.4, 0.5) is 17.1 Å². The second kappa shape index (κ2) is 12.0. The molecule has 2 aromatic heterocycles. The van der Waals surface area contributed by atoms with Crippen LogP contribution < -0.4 is 4.90 Å². The molecule has 2 heterocycles. The number of nitrogens with zero attached hydrogens (tertiary/aromatic N) is 1. The largest absolute Gasteiger partial charge is 0.455 e. The normalized spacial score (nSPS) is 14.6. The first-order valence-corrected chi connectivity index (χ1v) is 22.5. The first-order chi connectivity index (χ1) is 30.4. The van der Waals surface area contributed by atoms with Crippen LogP contribution in [0, 0.1) is 6.92 Å². The van der Waals surface area contributed by atoms with Crippen LogP contribution >= 0.6 is 11.3 Å². The SMILES string of the molecule is Cc1ccc(N(c2ccc3c(c2)C(C)(C)c2ccccc2-3)c2ccc3c(c2)C2(c4ccccc4-c4ccccc42)c2c-3c3oc4ccccc4c3c3c2sc2ccccc23)cc1. The lowest BCUT2D eigenvalue weighted by atomic mass is 9.70. The molecule has 0 N–H and O–H groups in total. The molecule has 3 aliphatic carbocycles.